The number of likely N-dealkylation sites (tertiary alicyclic amines) is 1. The maximum Gasteiger partial charge on any atom is 0.225 e. The van der Waals surface area contributed by atoms with E-state index in [2.05, 4.69) is 5.32 Å². The molecule has 5 heteroatoms. The van der Waals surface area contributed by atoms with Crippen molar-refractivity contribution in [3.63, 3.8) is 0 Å². The minimum absolute atomic E-state index is 0.00309. The van der Waals surface area contributed by atoms with Gasteiger partial charge >= 0.3 is 0 Å². The van der Waals surface area contributed by atoms with Crippen LogP contribution in [0.3, 0.4) is 0 Å². The monoisotopic (exact) mass is 270 g/mol. The number of amides is 2. The van der Waals surface area contributed by atoms with Crippen LogP contribution in [0.15, 0.2) is 0 Å². The van der Waals surface area contributed by atoms with E-state index in [-0.39, 0.29) is 29.9 Å². The van der Waals surface area contributed by atoms with Crippen LogP contribution < -0.4 is 5.32 Å². The number of nitrogens with one attached hydrogen (secondary N) is 1. The Morgan fingerprint density at radius 2 is 2.05 bits per heavy atom. The molecule has 1 saturated heterocycles. The molecule has 0 radical (unpaired) electrons. The topological polar surface area (TPSA) is 69.6 Å². The van der Waals surface area contributed by atoms with Crippen LogP contribution in [-0.2, 0) is 9.59 Å². The molecule has 2 amide bonds. The molecule has 0 aromatic carbocycles. The standard InChI is InChI=1S/C14H26N2O3/c1-14(2,3)13(19)15-8-4-7-12(18)16-9-5-6-11(16)10-17/h11,17H,4-10H2,1-3H3,(H,15,19)/t11-/m1/s1. The predicted molar refractivity (Wildman–Crippen MR) is 73.5 cm³/mol. The summed E-state index contributed by atoms with van der Waals surface area (Å²) in [6.07, 6.45) is 2.94. The highest BCUT2D eigenvalue weighted by Crippen LogP contribution is 2.18. The molecule has 1 rings (SSSR count). The summed E-state index contributed by atoms with van der Waals surface area (Å²) in [6.45, 7) is 6.92. The van der Waals surface area contributed by atoms with Crippen molar-refractivity contribution < 1.29 is 14.7 Å². The maximum atomic E-state index is 12.0. The lowest BCUT2D eigenvalue weighted by atomic mass is 9.96. The third-order valence-corrected chi connectivity index (χ3v) is 3.44. The number of aliphatic hydroxyl groups is 1. The third-order valence-electron chi connectivity index (χ3n) is 3.44. The van der Waals surface area contributed by atoms with E-state index in [0.717, 1.165) is 19.4 Å². The molecule has 1 aliphatic rings. The Kier molecular flexibility index (Phi) is 5.79. The zero-order valence-corrected chi connectivity index (χ0v) is 12.2. The van der Waals surface area contributed by atoms with Crippen LogP contribution in [0.4, 0.5) is 0 Å². The van der Waals surface area contributed by atoms with E-state index in [1.165, 1.54) is 0 Å². The van der Waals surface area contributed by atoms with Gasteiger partial charge in [0.15, 0.2) is 0 Å². The van der Waals surface area contributed by atoms with Crippen molar-refractivity contribution >= 4 is 11.8 Å². The Balaban J connectivity index is 2.23. The highest BCUT2D eigenvalue weighted by atomic mass is 16.3. The van der Waals surface area contributed by atoms with Crippen molar-refractivity contribution in [2.24, 2.45) is 5.41 Å². The van der Waals surface area contributed by atoms with E-state index in [1.54, 1.807) is 4.90 Å². The summed E-state index contributed by atoms with van der Waals surface area (Å²) in [7, 11) is 0. The van der Waals surface area contributed by atoms with Gasteiger partial charge in [0.25, 0.3) is 0 Å². The molecule has 1 fully saturated rings. The molecule has 0 aromatic heterocycles. The molecule has 0 aromatic rings. The van der Waals surface area contributed by atoms with Crippen LogP contribution in [0, 0.1) is 5.41 Å². The van der Waals surface area contributed by atoms with Gasteiger partial charge in [0.1, 0.15) is 0 Å². The molecule has 1 heterocycles. The van der Waals surface area contributed by atoms with Crippen LogP contribution in [0.2, 0.25) is 0 Å². The van der Waals surface area contributed by atoms with Gasteiger partial charge in [-0.05, 0) is 19.3 Å². The van der Waals surface area contributed by atoms with Gasteiger partial charge in [0, 0.05) is 24.9 Å². The summed E-state index contributed by atoms with van der Waals surface area (Å²) in [5.41, 5.74) is -0.388. The van der Waals surface area contributed by atoms with Gasteiger partial charge in [0.2, 0.25) is 11.8 Å². The molecule has 1 aliphatic heterocycles. The maximum absolute atomic E-state index is 12.0. The average molecular weight is 270 g/mol. The second kappa shape index (κ2) is 6.89. The SMILES string of the molecule is CC(C)(C)C(=O)NCCCC(=O)N1CCC[C@@H]1CO. The van der Waals surface area contributed by atoms with E-state index in [9.17, 15) is 9.59 Å². The molecule has 0 unspecified atom stereocenters. The van der Waals surface area contributed by atoms with Gasteiger partial charge in [-0.2, -0.15) is 0 Å². The van der Waals surface area contributed by atoms with E-state index < -0.39 is 0 Å². The van der Waals surface area contributed by atoms with E-state index >= 15 is 0 Å². The first-order valence-electron chi connectivity index (χ1n) is 7.05. The normalized spacial score (nSPS) is 19.6. The Bertz CT molecular complexity index is 323. The Morgan fingerprint density at radius 3 is 2.63 bits per heavy atom. The van der Waals surface area contributed by atoms with Crippen LogP contribution in [0.5, 0.6) is 0 Å². The van der Waals surface area contributed by atoms with Gasteiger partial charge in [0.05, 0.1) is 12.6 Å². The van der Waals surface area contributed by atoms with Gasteiger partial charge in [-0.1, -0.05) is 20.8 Å². The highest BCUT2D eigenvalue weighted by molar-refractivity contribution is 5.81. The fourth-order valence-corrected chi connectivity index (χ4v) is 2.20. The summed E-state index contributed by atoms with van der Waals surface area (Å²) in [4.78, 5) is 25.4. The number of carbonyl (C=O) groups excluding carboxylic acids is 2. The number of rotatable bonds is 5. The Hall–Kier alpha value is -1.10. The number of nitrogens with zero attached hydrogens (tertiary/aromatic N) is 1. The average Bonchev–Trinajstić information content (AvgIpc) is 2.81. The zero-order valence-electron chi connectivity index (χ0n) is 12.2. The molecule has 0 bridgehead atoms. The summed E-state index contributed by atoms with van der Waals surface area (Å²) in [5, 5.41) is 12.0. The number of aliphatic hydroxyl groups excluding tert-OH is 1. The van der Waals surface area contributed by atoms with Gasteiger partial charge in [-0.3, -0.25) is 9.59 Å². The molecule has 2 N–H and O–H groups in total. The minimum atomic E-state index is -0.388. The number of hydrogen-bond donors (Lipinski definition) is 2. The number of carbonyl (C=O) groups is 2. The second-order valence-electron chi connectivity index (χ2n) is 6.18. The first-order chi connectivity index (χ1) is 8.86. The van der Waals surface area contributed by atoms with Crippen molar-refractivity contribution in [1.29, 1.82) is 0 Å². The van der Waals surface area contributed by atoms with E-state index in [0.29, 0.717) is 19.4 Å². The quantitative estimate of drug-likeness (QED) is 0.730. The minimum Gasteiger partial charge on any atom is -0.394 e. The zero-order chi connectivity index (χ0) is 14.5. The molecule has 0 aliphatic carbocycles. The van der Waals surface area contributed by atoms with E-state index in [1.807, 2.05) is 20.8 Å². The van der Waals surface area contributed by atoms with Gasteiger partial charge in [-0.15, -0.1) is 0 Å². The largest absolute Gasteiger partial charge is 0.394 e. The lowest BCUT2D eigenvalue weighted by Gasteiger charge is -2.23. The summed E-state index contributed by atoms with van der Waals surface area (Å²) < 4.78 is 0. The third kappa shape index (κ3) is 4.82. The highest BCUT2D eigenvalue weighted by Gasteiger charge is 2.27. The molecule has 0 spiro atoms. The Morgan fingerprint density at radius 1 is 1.37 bits per heavy atom. The fourth-order valence-electron chi connectivity index (χ4n) is 2.20. The molecule has 0 saturated carbocycles. The predicted octanol–water partition coefficient (Wildman–Crippen LogP) is 0.912. The molecule has 5 nitrogen and oxygen atoms in total. The lowest BCUT2D eigenvalue weighted by Crippen LogP contribution is -2.38. The van der Waals surface area contributed by atoms with Crippen molar-refractivity contribution in [1.82, 2.24) is 10.2 Å². The van der Waals surface area contributed by atoms with Crippen LogP contribution in [0.25, 0.3) is 0 Å². The fraction of sp³-hybridized carbons (Fsp3) is 0.857. The Labute approximate surface area is 115 Å². The second-order valence-corrected chi connectivity index (χ2v) is 6.18. The van der Waals surface area contributed by atoms with Crippen LogP contribution in [0.1, 0.15) is 46.5 Å². The van der Waals surface area contributed by atoms with Crippen LogP contribution in [-0.4, -0.2) is 47.6 Å². The molecular formula is C14H26N2O3. The van der Waals surface area contributed by atoms with Crippen molar-refractivity contribution in [3.8, 4) is 0 Å². The van der Waals surface area contributed by atoms with Gasteiger partial charge < -0.3 is 15.3 Å². The first kappa shape index (κ1) is 16.0. The lowest BCUT2D eigenvalue weighted by molar-refractivity contribution is -0.133. The summed E-state index contributed by atoms with van der Waals surface area (Å²) in [6, 6.07) is -0.00309. The molecule has 110 valence electrons. The van der Waals surface area contributed by atoms with Crippen molar-refractivity contribution in [3.05, 3.63) is 0 Å². The first-order valence-corrected chi connectivity index (χ1v) is 7.05. The molecular weight excluding hydrogens is 244 g/mol. The molecule has 1 atom stereocenters. The van der Waals surface area contributed by atoms with Gasteiger partial charge in [-0.25, -0.2) is 0 Å². The summed E-state index contributed by atoms with van der Waals surface area (Å²) >= 11 is 0. The van der Waals surface area contributed by atoms with Crippen LogP contribution >= 0.6 is 0 Å². The smallest absolute Gasteiger partial charge is 0.225 e. The molecule has 19 heavy (non-hydrogen) atoms. The van der Waals surface area contributed by atoms with Crippen molar-refractivity contribution in [2.45, 2.75) is 52.5 Å². The number of hydrogen-bond acceptors (Lipinski definition) is 3. The van der Waals surface area contributed by atoms with Crippen molar-refractivity contribution in [2.75, 3.05) is 19.7 Å². The van der Waals surface area contributed by atoms with E-state index in [4.69, 9.17) is 5.11 Å². The summed E-state index contributed by atoms with van der Waals surface area (Å²) in [5.74, 6) is 0.0934.